The lowest BCUT2D eigenvalue weighted by Crippen LogP contribution is -1.98. The van der Waals surface area contributed by atoms with Crippen LogP contribution in [0.15, 0.2) is 18.6 Å². The van der Waals surface area contributed by atoms with Crippen molar-refractivity contribution in [3.63, 3.8) is 0 Å². The minimum atomic E-state index is -0.543. The van der Waals surface area contributed by atoms with E-state index in [1.807, 2.05) is 6.92 Å². The molecular formula is C9H10N6O2. The van der Waals surface area contributed by atoms with Crippen molar-refractivity contribution in [1.29, 1.82) is 0 Å². The molecule has 17 heavy (non-hydrogen) atoms. The molecule has 0 fully saturated rings. The van der Waals surface area contributed by atoms with Gasteiger partial charge < -0.3 is 5.32 Å². The first-order valence-electron chi connectivity index (χ1n) is 4.80. The molecule has 0 bridgehead atoms. The van der Waals surface area contributed by atoms with Gasteiger partial charge >= 0.3 is 5.69 Å². The molecule has 8 heteroatoms. The predicted octanol–water partition coefficient (Wildman–Crippen LogP) is 1.17. The van der Waals surface area contributed by atoms with Crippen LogP contribution in [0.3, 0.4) is 0 Å². The van der Waals surface area contributed by atoms with Crippen LogP contribution in [0.4, 0.5) is 17.3 Å². The van der Waals surface area contributed by atoms with Crippen molar-refractivity contribution in [2.24, 2.45) is 7.05 Å². The number of rotatable bonds is 3. The standard InChI is InChI=1S/C9H10N6O2/c1-6-8(5-14(2)13-6)12-9-10-3-7(4-11-9)15(16)17/h3-5H,1-2H3,(H,10,11,12). The number of nitro groups is 1. The molecule has 0 radical (unpaired) electrons. The second-order valence-corrected chi connectivity index (χ2v) is 3.45. The molecule has 0 unspecified atom stereocenters. The summed E-state index contributed by atoms with van der Waals surface area (Å²) in [5, 5.41) is 17.5. The summed E-state index contributed by atoms with van der Waals surface area (Å²) < 4.78 is 1.66. The van der Waals surface area contributed by atoms with E-state index in [-0.39, 0.29) is 5.69 Å². The molecule has 0 aromatic carbocycles. The average molecular weight is 234 g/mol. The number of nitrogens with zero attached hydrogens (tertiary/aromatic N) is 5. The van der Waals surface area contributed by atoms with Gasteiger partial charge in [0, 0.05) is 13.2 Å². The SMILES string of the molecule is Cc1nn(C)cc1Nc1ncc([N+](=O)[O-])cn1. The summed E-state index contributed by atoms with van der Waals surface area (Å²) in [7, 11) is 1.80. The maximum atomic E-state index is 10.4. The molecule has 2 rings (SSSR count). The van der Waals surface area contributed by atoms with Crippen molar-refractivity contribution in [2.45, 2.75) is 6.92 Å². The van der Waals surface area contributed by atoms with Gasteiger partial charge in [0.2, 0.25) is 5.95 Å². The van der Waals surface area contributed by atoms with Crippen molar-refractivity contribution in [3.05, 3.63) is 34.4 Å². The summed E-state index contributed by atoms with van der Waals surface area (Å²) in [5.74, 6) is 0.298. The Bertz CT molecular complexity index is 547. The zero-order valence-corrected chi connectivity index (χ0v) is 9.28. The Kier molecular flexibility index (Phi) is 2.69. The molecule has 1 N–H and O–H groups in total. The molecule has 2 aromatic rings. The molecule has 0 saturated heterocycles. The van der Waals surface area contributed by atoms with E-state index in [1.165, 1.54) is 0 Å². The van der Waals surface area contributed by atoms with E-state index in [4.69, 9.17) is 0 Å². The van der Waals surface area contributed by atoms with Crippen LogP contribution in [-0.4, -0.2) is 24.7 Å². The highest BCUT2D eigenvalue weighted by Gasteiger charge is 2.08. The van der Waals surface area contributed by atoms with Gasteiger partial charge in [-0.3, -0.25) is 14.8 Å². The number of aromatic nitrogens is 4. The molecule has 2 aromatic heterocycles. The molecule has 0 spiro atoms. The molecule has 88 valence electrons. The van der Waals surface area contributed by atoms with Crippen LogP contribution >= 0.6 is 0 Å². The lowest BCUT2D eigenvalue weighted by Gasteiger charge is -2.01. The largest absolute Gasteiger partial charge is 0.321 e. The molecule has 0 amide bonds. The monoisotopic (exact) mass is 234 g/mol. The van der Waals surface area contributed by atoms with Crippen LogP contribution in [0.1, 0.15) is 5.69 Å². The van der Waals surface area contributed by atoms with Crippen LogP contribution < -0.4 is 5.32 Å². The van der Waals surface area contributed by atoms with E-state index in [0.29, 0.717) is 5.95 Å². The van der Waals surface area contributed by atoms with Crippen LogP contribution in [0.5, 0.6) is 0 Å². The number of hydrogen-bond acceptors (Lipinski definition) is 6. The van der Waals surface area contributed by atoms with E-state index in [0.717, 1.165) is 23.8 Å². The van der Waals surface area contributed by atoms with Gasteiger partial charge in [0.15, 0.2) is 0 Å². The number of anilines is 2. The summed E-state index contributed by atoms with van der Waals surface area (Å²) in [4.78, 5) is 17.6. The molecular weight excluding hydrogens is 224 g/mol. The van der Waals surface area contributed by atoms with Gasteiger partial charge in [0.25, 0.3) is 0 Å². The molecule has 0 aliphatic heterocycles. The molecule has 0 aliphatic rings. The first kappa shape index (κ1) is 11.0. The third kappa shape index (κ3) is 2.36. The zero-order chi connectivity index (χ0) is 12.4. The summed E-state index contributed by atoms with van der Waals surface area (Å²) in [6, 6.07) is 0. The van der Waals surface area contributed by atoms with Gasteiger partial charge in [-0.05, 0) is 6.92 Å². The molecule has 0 atom stereocenters. The normalized spacial score (nSPS) is 10.2. The Balaban J connectivity index is 2.19. The molecule has 0 aliphatic carbocycles. The van der Waals surface area contributed by atoms with Crippen LogP contribution in [0.25, 0.3) is 0 Å². The Morgan fingerprint density at radius 2 is 2.06 bits per heavy atom. The van der Waals surface area contributed by atoms with Gasteiger partial charge in [-0.1, -0.05) is 0 Å². The second-order valence-electron chi connectivity index (χ2n) is 3.45. The van der Waals surface area contributed by atoms with Crippen molar-refractivity contribution in [3.8, 4) is 0 Å². The van der Waals surface area contributed by atoms with Crippen molar-refractivity contribution in [2.75, 3.05) is 5.32 Å². The van der Waals surface area contributed by atoms with E-state index in [9.17, 15) is 10.1 Å². The topological polar surface area (TPSA) is 98.8 Å². The maximum Gasteiger partial charge on any atom is 0.305 e. The first-order valence-corrected chi connectivity index (χ1v) is 4.80. The van der Waals surface area contributed by atoms with Crippen molar-refractivity contribution < 1.29 is 4.92 Å². The quantitative estimate of drug-likeness (QED) is 0.632. The second kappa shape index (κ2) is 4.16. The van der Waals surface area contributed by atoms with Crippen LogP contribution in [0.2, 0.25) is 0 Å². The fourth-order valence-corrected chi connectivity index (χ4v) is 1.32. The van der Waals surface area contributed by atoms with E-state index >= 15 is 0 Å². The highest BCUT2D eigenvalue weighted by atomic mass is 16.6. The van der Waals surface area contributed by atoms with Crippen LogP contribution in [-0.2, 0) is 7.05 Å². The Labute approximate surface area is 96.5 Å². The fraction of sp³-hybridized carbons (Fsp3) is 0.222. The molecule has 8 nitrogen and oxygen atoms in total. The highest BCUT2D eigenvalue weighted by Crippen LogP contribution is 2.16. The number of nitrogens with one attached hydrogen (secondary N) is 1. The van der Waals surface area contributed by atoms with Gasteiger partial charge in [-0.2, -0.15) is 5.10 Å². The van der Waals surface area contributed by atoms with Gasteiger partial charge in [-0.15, -0.1) is 0 Å². The minimum absolute atomic E-state index is 0.140. The zero-order valence-electron chi connectivity index (χ0n) is 9.28. The van der Waals surface area contributed by atoms with Crippen LogP contribution in [0, 0.1) is 17.0 Å². The smallest absolute Gasteiger partial charge is 0.305 e. The lowest BCUT2D eigenvalue weighted by atomic mass is 10.4. The van der Waals surface area contributed by atoms with Crippen molar-refractivity contribution in [1.82, 2.24) is 19.7 Å². The fourth-order valence-electron chi connectivity index (χ4n) is 1.32. The summed E-state index contributed by atoms with van der Waals surface area (Å²) in [6.07, 6.45) is 4.09. The number of aryl methyl sites for hydroxylation is 2. The minimum Gasteiger partial charge on any atom is -0.321 e. The third-order valence-corrected chi connectivity index (χ3v) is 2.11. The maximum absolute atomic E-state index is 10.4. The molecule has 2 heterocycles. The lowest BCUT2D eigenvalue weighted by molar-refractivity contribution is -0.385. The van der Waals surface area contributed by atoms with E-state index in [1.54, 1.807) is 17.9 Å². The van der Waals surface area contributed by atoms with E-state index < -0.39 is 4.92 Å². The average Bonchev–Trinajstić information content (AvgIpc) is 2.58. The van der Waals surface area contributed by atoms with Crippen molar-refractivity contribution >= 4 is 17.3 Å². The Hall–Kier alpha value is -2.51. The Morgan fingerprint density at radius 1 is 1.41 bits per heavy atom. The first-order chi connectivity index (χ1) is 8.06. The molecule has 0 saturated carbocycles. The number of hydrogen-bond donors (Lipinski definition) is 1. The highest BCUT2D eigenvalue weighted by molar-refractivity contribution is 5.54. The van der Waals surface area contributed by atoms with E-state index in [2.05, 4.69) is 20.4 Å². The summed E-state index contributed by atoms with van der Waals surface area (Å²) >= 11 is 0. The summed E-state index contributed by atoms with van der Waals surface area (Å²) in [5.41, 5.74) is 1.43. The van der Waals surface area contributed by atoms with Gasteiger partial charge in [0.1, 0.15) is 12.4 Å². The summed E-state index contributed by atoms with van der Waals surface area (Å²) in [6.45, 7) is 1.84. The third-order valence-electron chi connectivity index (χ3n) is 2.11. The van der Waals surface area contributed by atoms with Gasteiger partial charge in [-0.25, -0.2) is 9.97 Å². The van der Waals surface area contributed by atoms with Gasteiger partial charge in [0.05, 0.1) is 16.3 Å². The Morgan fingerprint density at radius 3 is 2.53 bits per heavy atom. The predicted molar refractivity (Wildman–Crippen MR) is 59.9 cm³/mol.